The summed E-state index contributed by atoms with van der Waals surface area (Å²) in [5.74, 6) is 1.87. The van der Waals surface area contributed by atoms with Crippen molar-refractivity contribution >= 4 is 5.91 Å². The lowest BCUT2D eigenvalue weighted by atomic mass is 10.2. The van der Waals surface area contributed by atoms with Crippen LogP contribution in [0.4, 0.5) is 0 Å². The number of benzene rings is 1. The molecular weight excluding hydrogens is 308 g/mol. The standard InChI is InChI=1S/C17H18N4O3/c1-10(16-19-12(3)21-24-16)18-15(22)9-14-11(2)23-17(20-14)13-7-5-4-6-8-13/h4-8,10H,9H2,1-3H3,(H,18,22)/t10-/m1/s1. The van der Waals surface area contributed by atoms with Crippen LogP contribution in [0.3, 0.4) is 0 Å². The Balaban J connectivity index is 1.67. The average molecular weight is 326 g/mol. The van der Waals surface area contributed by atoms with Crippen LogP contribution in [0, 0.1) is 13.8 Å². The second-order valence-corrected chi connectivity index (χ2v) is 5.53. The summed E-state index contributed by atoms with van der Waals surface area (Å²) in [7, 11) is 0. The highest BCUT2D eigenvalue weighted by Gasteiger charge is 2.19. The molecule has 0 unspecified atom stereocenters. The smallest absolute Gasteiger partial charge is 0.248 e. The number of hydrogen-bond donors (Lipinski definition) is 1. The highest BCUT2D eigenvalue weighted by Crippen LogP contribution is 2.21. The Morgan fingerprint density at radius 2 is 1.96 bits per heavy atom. The highest BCUT2D eigenvalue weighted by atomic mass is 16.5. The van der Waals surface area contributed by atoms with Crippen LogP contribution in [0.1, 0.15) is 36.1 Å². The van der Waals surface area contributed by atoms with E-state index in [0.717, 1.165) is 5.56 Å². The number of carbonyl (C=O) groups is 1. The third-order valence-corrected chi connectivity index (χ3v) is 3.53. The molecule has 7 nitrogen and oxygen atoms in total. The Kier molecular flexibility index (Phi) is 4.41. The highest BCUT2D eigenvalue weighted by molar-refractivity contribution is 5.78. The van der Waals surface area contributed by atoms with E-state index >= 15 is 0 Å². The normalized spacial score (nSPS) is 12.1. The van der Waals surface area contributed by atoms with Gasteiger partial charge in [0, 0.05) is 5.56 Å². The predicted octanol–water partition coefficient (Wildman–Crippen LogP) is 2.76. The number of hydrogen-bond acceptors (Lipinski definition) is 6. The summed E-state index contributed by atoms with van der Waals surface area (Å²) in [6, 6.07) is 9.21. The van der Waals surface area contributed by atoms with Crippen LogP contribution < -0.4 is 5.32 Å². The average Bonchev–Trinajstić information content (AvgIpc) is 3.15. The minimum atomic E-state index is -0.362. The van der Waals surface area contributed by atoms with Gasteiger partial charge in [0.05, 0.1) is 12.1 Å². The molecule has 2 aromatic heterocycles. The van der Waals surface area contributed by atoms with Crippen LogP contribution in [0.5, 0.6) is 0 Å². The Bertz CT molecular complexity index is 839. The lowest BCUT2D eigenvalue weighted by molar-refractivity contribution is -0.121. The maximum atomic E-state index is 12.2. The second kappa shape index (κ2) is 6.66. The zero-order chi connectivity index (χ0) is 17.1. The van der Waals surface area contributed by atoms with E-state index in [-0.39, 0.29) is 18.4 Å². The molecule has 1 atom stereocenters. The first-order chi connectivity index (χ1) is 11.5. The van der Waals surface area contributed by atoms with Crippen LogP contribution in [0.15, 0.2) is 39.3 Å². The van der Waals surface area contributed by atoms with Crippen LogP contribution in [-0.2, 0) is 11.2 Å². The number of amides is 1. The van der Waals surface area contributed by atoms with Crippen molar-refractivity contribution in [1.82, 2.24) is 20.4 Å². The van der Waals surface area contributed by atoms with Crippen molar-refractivity contribution in [3.05, 3.63) is 53.5 Å². The van der Waals surface area contributed by atoms with Gasteiger partial charge < -0.3 is 14.3 Å². The molecule has 0 aliphatic heterocycles. The van der Waals surface area contributed by atoms with E-state index in [9.17, 15) is 4.79 Å². The molecule has 7 heteroatoms. The lowest BCUT2D eigenvalue weighted by Crippen LogP contribution is -2.28. The molecular formula is C17H18N4O3. The molecule has 1 aromatic carbocycles. The van der Waals surface area contributed by atoms with Gasteiger partial charge in [0.15, 0.2) is 5.82 Å². The van der Waals surface area contributed by atoms with Gasteiger partial charge in [-0.15, -0.1) is 0 Å². The minimum Gasteiger partial charge on any atom is -0.441 e. The second-order valence-electron chi connectivity index (χ2n) is 5.53. The molecule has 0 fully saturated rings. The number of carbonyl (C=O) groups excluding carboxylic acids is 1. The van der Waals surface area contributed by atoms with Crippen molar-refractivity contribution in [2.45, 2.75) is 33.2 Å². The Labute approximate surface area is 139 Å². The summed E-state index contributed by atoms with van der Waals surface area (Å²) in [5, 5.41) is 6.53. The number of aryl methyl sites for hydroxylation is 2. The Morgan fingerprint density at radius 3 is 2.62 bits per heavy atom. The number of rotatable bonds is 5. The molecule has 3 aromatic rings. The first-order valence-corrected chi connectivity index (χ1v) is 7.64. The van der Waals surface area contributed by atoms with Crippen LogP contribution >= 0.6 is 0 Å². The van der Waals surface area contributed by atoms with Gasteiger partial charge in [-0.25, -0.2) is 4.98 Å². The molecule has 0 spiro atoms. The van der Waals surface area contributed by atoms with Crippen molar-refractivity contribution in [2.24, 2.45) is 0 Å². The first-order valence-electron chi connectivity index (χ1n) is 7.64. The van der Waals surface area contributed by atoms with Crippen LogP contribution in [0.25, 0.3) is 11.5 Å². The van der Waals surface area contributed by atoms with Gasteiger partial charge in [-0.05, 0) is 32.9 Å². The fourth-order valence-corrected chi connectivity index (χ4v) is 2.29. The number of nitrogens with zero attached hydrogens (tertiary/aromatic N) is 3. The molecule has 2 heterocycles. The fraction of sp³-hybridized carbons (Fsp3) is 0.294. The topological polar surface area (TPSA) is 94.1 Å². The zero-order valence-corrected chi connectivity index (χ0v) is 13.7. The largest absolute Gasteiger partial charge is 0.441 e. The number of nitrogens with one attached hydrogen (secondary N) is 1. The van der Waals surface area contributed by atoms with E-state index in [1.54, 1.807) is 20.8 Å². The van der Waals surface area contributed by atoms with Crippen molar-refractivity contribution in [3.8, 4) is 11.5 Å². The Hall–Kier alpha value is -2.96. The van der Waals surface area contributed by atoms with Crippen molar-refractivity contribution in [1.29, 1.82) is 0 Å². The zero-order valence-electron chi connectivity index (χ0n) is 13.7. The van der Waals surface area contributed by atoms with E-state index in [0.29, 0.717) is 29.1 Å². The summed E-state index contributed by atoms with van der Waals surface area (Å²) in [4.78, 5) is 20.7. The maximum Gasteiger partial charge on any atom is 0.248 e. The van der Waals surface area contributed by atoms with Gasteiger partial charge in [0.25, 0.3) is 0 Å². The molecule has 0 saturated heterocycles. The van der Waals surface area contributed by atoms with Crippen LogP contribution in [0.2, 0.25) is 0 Å². The van der Waals surface area contributed by atoms with Gasteiger partial charge in [-0.1, -0.05) is 23.4 Å². The summed E-state index contributed by atoms with van der Waals surface area (Å²) >= 11 is 0. The fourth-order valence-electron chi connectivity index (χ4n) is 2.29. The molecule has 1 amide bonds. The third kappa shape index (κ3) is 3.51. The SMILES string of the molecule is Cc1noc([C@@H](C)NC(=O)Cc2nc(-c3ccccc3)oc2C)n1. The van der Waals surface area contributed by atoms with Gasteiger partial charge in [-0.2, -0.15) is 4.98 Å². The quantitative estimate of drug-likeness (QED) is 0.775. The molecule has 0 saturated carbocycles. The molecule has 124 valence electrons. The summed E-state index contributed by atoms with van der Waals surface area (Å²) in [6.07, 6.45) is 0.125. The lowest BCUT2D eigenvalue weighted by Gasteiger charge is -2.08. The van der Waals surface area contributed by atoms with E-state index in [1.807, 2.05) is 30.3 Å². The molecule has 0 aliphatic rings. The molecule has 1 N–H and O–H groups in total. The molecule has 0 aliphatic carbocycles. The number of oxazole rings is 1. The van der Waals surface area contributed by atoms with E-state index in [2.05, 4.69) is 20.4 Å². The molecule has 0 bridgehead atoms. The minimum absolute atomic E-state index is 0.125. The van der Waals surface area contributed by atoms with Crippen molar-refractivity contribution < 1.29 is 13.7 Å². The first kappa shape index (κ1) is 15.9. The van der Waals surface area contributed by atoms with E-state index in [4.69, 9.17) is 8.94 Å². The van der Waals surface area contributed by atoms with Crippen molar-refractivity contribution in [3.63, 3.8) is 0 Å². The van der Waals surface area contributed by atoms with E-state index < -0.39 is 0 Å². The third-order valence-electron chi connectivity index (χ3n) is 3.53. The molecule has 24 heavy (non-hydrogen) atoms. The summed E-state index contributed by atoms with van der Waals surface area (Å²) in [6.45, 7) is 5.31. The maximum absolute atomic E-state index is 12.2. The predicted molar refractivity (Wildman–Crippen MR) is 86.0 cm³/mol. The van der Waals surface area contributed by atoms with Gasteiger partial charge >= 0.3 is 0 Å². The van der Waals surface area contributed by atoms with E-state index in [1.165, 1.54) is 0 Å². The summed E-state index contributed by atoms with van der Waals surface area (Å²) in [5.41, 5.74) is 1.49. The molecule has 3 rings (SSSR count). The Morgan fingerprint density at radius 1 is 1.21 bits per heavy atom. The van der Waals surface area contributed by atoms with Gasteiger partial charge in [0.1, 0.15) is 11.8 Å². The molecule has 0 radical (unpaired) electrons. The van der Waals surface area contributed by atoms with Crippen molar-refractivity contribution in [2.75, 3.05) is 0 Å². The number of aromatic nitrogens is 3. The van der Waals surface area contributed by atoms with Crippen LogP contribution in [-0.4, -0.2) is 21.0 Å². The van der Waals surface area contributed by atoms with Gasteiger partial charge in [-0.3, -0.25) is 4.79 Å². The van der Waals surface area contributed by atoms with Gasteiger partial charge in [0.2, 0.25) is 17.7 Å². The monoisotopic (exact) mass is 326 g/mol. The summed E-state index contributed by atoms with van der Waals surface area (Å²) < 4.78 is 10.7.